The van der Waals surface area contributed by atoms with Gasteiger partial charge in [-0.1, -0.05) is 32.0 Å². The predicted molar refractivity (Wildman–Crippen MR) is 108 cm³/mol. The third-order valence-electron chi connectivity index (χ3n) is 4.03. The molecule has 26 heavy (non-hydrogen) atoms. The van der Waals surface area contributed by atoms with Crippen molar-refractivity contribution in [2.75, 3.05) is 12.4 Å². The second kappa shape index (κ2) is 7.53. The molecule has 0 aliphatic carbocycles. The van der Waals surface area contributed by atoms with E-state index in [0.29, 0.717) is 23.0 Å². The van der Waals surface area contributed by atoms with Crippen LogP contribution in [0.25, 0.3) is 10.9 Å². The largest absolute Gasteiger partial charge is 0.495 e. The van der Waals surface area contributed by atoms with Crippen LogP contribution in [0, 0.1) is 0 Å². The van der Waals surface area contributed by atoms with Crippen molar-refractivity contribution in [2.45, 2.75) is 19.8 Å². The van der Waals surface area contributed by atoms with Crippen LogP contribution >= 0.6 is 12.2 Å². The number of benzene rings is 2. The van der Waals surface area contributed by atoms with Gasteiger partial charge in [0.25, 0.3) is 0 Å². The van der Waals surface area contributed by atoms with E-state index in [1.54, 1.807) is 7.11 Å². The zero-order valence-corrected chi connectivity index (χ0v) is 15.6. The van der Waals surface area contributed by atoms with E-state index in [1.165, 1.54) is 0 Å². The van der Waals surface area contributed by atoms with E-state index in [0.717, 1.165) is 16.5 Å². The quantitative estimate of drug-likeness (QED) is 0.420. The Balaban J connectivity index is 1.86. The van der Waals surface area contributed by atoms with Crippen LogP contribution in [0.4, 0.5) is 11.4 Å². The lowest BCUT2D eigenvalue weighted by atomic mass is 10.0. The summed E-state index contributed by atoms with van der Waals surface area (Å²) < 4.78 is 5.27. The molecule has 0 radical (unpaired) electrons. The third-order valence-corrected chi connectivity index (χ3v) is 4.22. The summed E-state index contributed by atoms with van der Waals surface area (Å²) in [5, 5.41) is 22.3. The van der Waals surface area contributed by atoms with Gasteiger partial charge in [0.05, 0.1) is 18.3 Å². The zero-order chi connectivity index (χ0) is 18.7. The molecule has 0 saturated carbocycles. The Morgan fingerprint density at radius 1 is 1.23 bits per heavy atom. The van der Waals surface area contributed by atoms with Gasteiger partial charge in [-0.2, -0.15) is 0 Å². The summed E-state index contributed by atoms with van der Waals surface area (Å²) in [6.45, 7) is 4.22. The molecule has 134 valence electrons. The maximum absolute atomic E-state index is 10.2. The molecule has 7 heteroatoms. The normalized spacial score (nSPS) is 11.4. The molecule has 3 N–H and O–H groups in total. The summed E-state index contributed by atoms with van der Waals surface area (Å²) in [6, 6.07) is 13.3. The first-order chi connectivity index (χ1) is 12.5. The van der Waals surface area contributed by atoms with Crippen LogP contribution in [0.5, 0.6) is 11.6 Å². The Morgan fingerprint density at radius 2 is 2.00 bits per heavy atom. The van der Waals surface area contributed by atoms with Crippen molar-refractivity contribution in [2.24, 2.45) is 10.2 Å². The summed E-state index contributed by atoms with van der Waals surface area (Å²) in [6.07, 6.45) is 0. The molecule has 0 aliphatic heterocycles. The highest BCUT2D eigenvalue weighted by Crippen LogP contribution is 2.37. The van der Waals surface area contributed by atoms with E-state index in [1.807, 2.05) is 42.5 Å². The van der Waals surface area contributed by atoms with Crippen LogP contribution in [0.15, 0.2) is 52.7 Å². The first-order valence-corrected chi connectivity index (χ1v) is 8.60. The Kier molecular flexibility index (Phi) is 5.18. The fourth-order valence-corrected chi connectivity index (χ4v) is 2.78. The van der Waals surface area contributed by atoms with Crippen LogP contribution in [0.2, 0.25) is 0 Å². The average Bonchev–Trinajstić information content (AvgIpc) is 2.94. The molecule has 0 bridgehead atoms. The highest BCUT2D eigenvalue weighted by Gasteiger charge is 2.12. The van der Waals surface area contributed by atoms with E-state index in [-0.39, 0.29) is 11.0 Å². The SMILES string of the molecule is COc1ccccc1NC(=S)N=Nc1c(O)[nH]c2ccc(C(C)C)cc12. The first-order valence-electron chi connectivity index (χ1n) is 8.20. The fraction of sp³-hybridized carbons (Fsp3) is 0.211. The van der Waals surface area contributed by atoms with Gasteiger partial charge < -0.3 is 20.1 Å². The zero-order valence-electron chi connectivity index (χ0n) is 14.8. The lowest BCUT2D eigenvalue weighted by molar-refractivity contribution is 0.417. The second-order valence-electron chi connectivity index (χ2n) is 6.11. The number of anilines is 1. The van der Waals surface area contributed by atoms with Crippen LogP contribution in [-0.4, -0.2) is 22.3 Å². The second-order valence-corrected chi connectivity index (χ2v) is 6.50. The summed E-state index contributed by atoms with van der Waals surface area (Å²) in [4.78, 5) is 2.90. The van der Waals surface area contributed by atoms with E-state index in [4.69, 9.17) is 17.0 Å². The first kappa shape index (κ1) is 17.9. The number of ether oxygens (including phenoxy) is 1. The van der Waals surface area contributed by atoms with Gasteiger partial charge in [0.1, 0.15) is 5.75 Å². The summed E-state index contributed by atoms with van der Waals surface area (Å²) >= 11 is 5.23. The van der Waals surface area contributed by atoms with Crippen LogP contribution in [-0.2, 0) is 0 Å². The van der Waals surface area contributed by atoms with Crippen molar-refractivity contribution in [1.82, 2.24) is 4.98 Å². The molecular formula is C19H20N4O2S. The molecule has 0 saturated heterocycles. The summed E-state index contributed by atoms with van der Waals surface area (Å²) in [5.74, 6) is 0.987. The number of hydrogen-bond acceptors (Lipinski definition) is 4. The Hall–Kier alpha value is -2.93. The van der Waals surface area contributed by atoms with Gasteiger partial charge in [-0.05, 0) is 48.0 Å². The number of methoxy groups -OCH3 is 1. The molecule has 1 aromatic heterocycles. The molecule has 3 rings (SSSR count). The minimum Gasteiger partial charge on any atom is -0.495 e. The number of nitrogens with one attached hydrogen (secondary N) is 2. The van der Waals surface area contributed by atoms with Gasteiger partial charge in [0.2, 0.25) is 11.0 Å². The van der Waals surface area contributed by atoms with Gasteiger partial charge in [0.15, 0.2) is 5.69 Å². The number of aromatic amines is 1. The maximum atomic E-state index is 10.2. The Morgan fingerprint density at radius 3 is 2.73 bits per heavy atom. The number of H-pyrrole nitrogens is 1. The monoisotopic (exact) mass is 368 g/mol. The number of fused-ring (bicyclic) bond motifs is 1. The van der Waals surface area contributed by atoms with Gasteiger partial charge in [-0.15, -0.1) is 10.2 Å². The number of thiocarbonyl (C=S) groups is 1. The average molecular weight is 368 g/mol. The Labute approximate surface area is 156 Å². The number of hydrogen-bond donors (Lipinski definition) is 3. The smallest absolute Gasteiger partial charge is 0.218 e. The molecular weight excluding hydrogens is 348 g/mol. The van der Waals surface area contributed by atoms with Crippen LogP contribution in [0.1, 0.15) is 25.3 Å². The summed E-state index contributed by atoms with van der Waals surface area (Å²) in [5.41, 5.74) is 3.02. The molecule has 1 heterocycles. The molecule has 0 amide bonds. The number of nitrogens with zero attached hydrogens (tertiary/aromatic N) is 2. The number of para-hydroxylation sites is 2. The maximum Gasteiger partial charge on any atom is 0.218 e. The Bertz CT molecular complexity index is 979. The van der Waals surface area contributed by atoms with Crippen molar-refractivity contribution in [1.29, 1.82) is 0 Å². The minimum atomic E-state index is -0.0373. The van der Waals surface area contributed by atoms with Gasteiger partial charge in [-0.25, -0.2) is 0 Å². The highest BCUT2D eigenvalue weighted by molar-refractivity contribution is 7.80. The van der Waals surface area contributed by atoms with Crippen LogP contribution < -0.4 is 10.1 Å². The standard InChI is InChI=1S/C19H20N4O2S/c1-11(2)12-8-9-14-13(10-12)17(18(24)20-14)22-23-19(26)21-15-6-4-5-7-16(15)25-3/h4-11,20,24H,1-3H3,(H,21,26). The topological polar surface area (TPSA) is 82.0 Å². The minimum absolute atomic E-state index is 0.0373. The molecule has 0 aliphatic rings. The van der Waals surface area contributed by atoms with Gasteiger partial charge >= 0.3 is 0 Å². The molecule has 0 fully saturated rings. The van der Waals surface area contributed by atoms with Crippen molar-refractivity contribution in [3.63, 3.8) is 0 Å². The van der Waals surface area contributed by atoms with E-state index < -0.39 is 0 Å². The van der Waals surface area contributed by atoms with Gasteiger partial charge in [0, 0.05) is 5.39 Å². The summed E-state index contributed by atoms with van der Waals surface area (Å²) in [7, 11) is 1.58. The fourth-order valence-electron chi connectivity index (χ4n) is 2.62. The van der Waals surface area contributed by atoms with Crippen LogP contribution in [0.3, 0.4) is 0 Å². The molecule has 2 aromatic carbocycles. The lowest BCUT2D eigenvalue weighted by Crippen LogP contribution is -2.06. The molecule has 0 spiro atoms. The predicted octanol–water partition coefficient (Wildman–Crippen LogP) is 5.49. The van der Waals surface area contributed by atoms with Crippen molar-refractivity contribution >= 4 is 39.6 Å². The number of azo groups is 1. The molecule has 6 nitrogen and oxygen atoms in total. The van der Waals surface area contributed by atoms with Crippen molar-refractivity contribution < 1.29 is 9.84 Å². The van der Waals surface area contributed by atoms with Crippen molar-refractivity contribution in [3.05, 3.63) is 48.0 Å². The van der Waals surface area contributed by atoms with E-state index in [2.05, 4.69) is 34.4 Å². The number of rotatable bonds is 4. The van der Waals surface area contributed by atoms with E-state index >= 15 is 0 Å². The number of aromatic nitrogens is 1. The number of aromatic hydroxyl groups is 1. The molecule has 3 aromatic rings. The highest BCUT2D eigenvalue weighted by atomic mass is 32.1. The molecule has 0 atom stereocenters. The molecule has 0 unspecified atom stereocenters. The van der Waals surface area contributed by atoms with Gasteiger partial charge in [-0.3, -0.25) is 0 Å². The van der Waals surface area contributed by atoms with E-state index in [9.17, 15) is 5.11 Å². The van der Waals surface area contributed by atoms with Crippen molar-refractivity contribution in [3.8, 4) is 11.6 Å². The lowest BCUT2D eigenvalue weighted by Gasteiger charge is -2.08. The third kappa shape index (κ3) is 3.67.